The molecule has 10 atom stereocenters. The van der Waals surface area contributed by atoms with Crippen LogP contribution in [0.3, 0.4) is 0 Å². The molecule has 1 unspecified atom stereocenters. The summed E-state index contributed by atoms with van der Waals surface area (Å²) in [7, 11) is -4.84. The molecule has 9 nitrogen and oxygen atoms in total. The van der Waals surface area contributed by atoms with E-state index in [0.717, 1.165) is 0 Å². The van der Waals surface area contributed by atoms with E-state index in [1.807, 2.05) is 13.8 Å². The Balaban J connectivity index is 1.62. The molecular weight excluding hydrogens is 499 g/mol. The van der Waals surface area contributed by atoms with Crippen LogP contribution in [0, 0.1) is 34.5 Å². The van der Waals surface area contributed by atoms with Crippen LogP contribution >= 0.6 is 7.82 Å². The molecule has 0 heterocycles. The van der Waals surface area contributed by atoms with Crippen LogP contribution in [-0.4, -0.2) is 65.5 Å². The van der Waals surface area contributed by atoms with Gasteiger partial charge < -0.3 is 30.2 Å². The highest BCUT2D eigenvalue weighted by Crippen LogP contribution is 2.68. The first-order valence-electron chi connectivity index (χ1n) is 13.6. The van der Waals surface area contributed by atoms with E-state index < -0.39 is 54.1 Å². The Morgan fingerprint density at radius 2 is 1.84 bits per heavy atom. The molecule has 0 aromatic carbocycles. The fourth-order valence-electron chi connectivity index (χ4n) is 8.55. The third kappa shape index (κ3) is 5.04. The van der Waals surface area contributed by atoms with Gasteiger partial charge in [0.15, 0.2) is 5.78 Å². The number of aliphatic hydroxyl groups excluding tert-OH is 2. The fourth-order valence-corrected chi connectivity index (χ4v) is 9.12. The van der Waals surface area contributed by atoms with Crippen LogP contribution in [0.1, 0.15) is 86.0 Å². The third-order valence-corrected chi connectivity index (χ3v) is 11.3. The molecule has 6 N–H and O–H groups in total. The number of rotatable bonds is 7. The predicted octanol–water partition coefficient (Wildman–Crippen LogP) is 2.86. The Kier molecular flexibility index (Phi) is 7.52. The van der Waals surface area contributed by atoms with Crippen molar-refractivity contribution in [1.29, 1.82) is 0 Å². The van der Waals surface area contributed by atoms with Gasteiger partial charge in [-0.3, -0.25) is 9.32 Å². The van der Waals surface area contributed by atoms with Crippen LogP contribution in [0.2, 0.25) is 0 Å². The number of phosphoric ester groups is 1. The van der Waals surface area contributed by atoms with E-state index in [1.54, 1.807) is 19.9 Å². The molecule has 0 aliphatic heterocycles. The highest BCUT2D eigenvalue weighted by molar-refractivity contribution is 7.46. The van der Waals surface area contributed by atoms with Crippen molar-refractivity contribution in [3.63, 3.8) is 0 Å². The normalized spacial score (nSPS) is 43.9. The first-order valence-corrected chi connectivity index (χ1v) is 15.2. The van der Waals surface area contributed by atoms with Crippen LogP contribution in [0.15, 0.2) is 11.6 Å². The van der Waals surface area contributed by atoms with Gasteiger partial charge in [0.2, 0.25) is 0 Å². The molecular formula is C27H45O9P. The van der Waals surface area contributed by atoms with Crippen LogP contribution in [-0.2, 0) is 13.9 Å². The molecule has 0 saturated heterocycles. The second-order valence-corrected chi connectivity index (χ2v) is 14.7. The lowest BCUT2D eigenvalue weighted by molar-refractivity contribution is -0.153. The van der Waals surface area contributed by atoms with Crippen molar-refractivity contribution in [1.82, 2.24) is 0 Å². The Bertz CT molecular complexity index is 985. The maximum Gasteiger partial charge on any atom is 0.469 e. The zero-order chi connectivity index (χ0) is 27.8. The monoisotopic (exact) mass is 544 g/mol. The van der Waals surface area contributed by atoms with Gasteiger partial charge in [0.1, 0.15) is 0 Å². The van der Waals surface area contributed by atoms with E-state index in [2.05, 4.69) is 6.92 Å². The number of allylic oxidation sites excluding steroid dienone is 1. The summed E-state index contributed by atoms with van der Waals surface area (Å²) in [5.74, 6) is -0.942. The minimum absolute atomic E-state index is 0.0238. The number of hydrogen-bond acceptors (Lipinski definition) is 7. The summed E-state index contributed by atoms with van der Waals surface area (Å²) in [6.07, 6.45) is 2.35. The van der Waals surface area contributed by atoms with Crippen molar-refractivity contribution in [2.24, 2.45) is 34.5 Å². The first kappa shape index (κ1) is 29.3. The summed E-state index contributed by atoms with van der Waals surface area (Å²) in [5.41, 5.74) is -2.67. The van der Waals surface area contributed by atoms with Gasteiger partial charge in [-0.2, -0.15) is 0 Å². The molecule has 4 aliphatic rings. The van der Waals surface area contributed by atoms with Crippen molar-refractivity contribution in [2.75, 3.05) is 0 Å². The second kappa shape index (κ2) is 9.48. The minimum Gasteiger partial charge on any atom is -0.393 e. The summed E-state index contributed by atoms with van der Waals surface area (Å²) >= 11 is 0. The van der Waals surface area contributed by atoms with Gasteiger partial charge in [0, 0.05) is 11.3 Å². The molecule has 212 valence electrons. The minimum atomic E-state index is -4.84. The topological polar surface area (TPSA) is 165 Å². The number of phosphoric acid groups is 1. The van der Waals surface area contributed by atoms with Gasteiger partial charge in [-0.15, -0.1) is 0 Å². The van der Waals surface area contributed by atoms with E-state index in [-0.39, 0.29) is 36.4 Å². The number of fused-ring (bicyclic) bond motifs is 5. The predicted molar refractivity (Wildman–Crippen MR) is 136 cm³/mol. The molecule has 0 amide bonds. The third-order valence-electron chi connectivity index (χ3n) is 10.7. The summed E-state index contributed by atoms with van der Waals surface area (Å²) in [6, 6.07) is 0. The molecule has 10 heteroatoms. The number of hydrogen-bond donors (Lipinski definition) is 6. The van der Waals surface area contributed by atoms with Crippen LogP contribution in [0.4, 0.5) is 0 Å². The highest BCUT2D eigenvalue weighted by Gasteiger charge is 2.67. The van der Waals surface area contributed by atoms with Gasteiger partial charge in [0.25, 0.3) is 0 Å². The lowest BCUT2D eigenvalue weighted by Gasteiger charge is -2.60. The number of carbonyl (C=O) groups is 1. The average Bonchev–Trinajstić information content (AvgIpc) is 3.03. The molecule has 3 saturated carbocycles. The Morgan fingerprint density at radius 1 is 1.19 bits per heavy atom. The van der Waals surface area contributed by atoms with Gasteiger partial charge in [-0.25, -0.2) is 4.57 Å². The van der Waals surface area contributed by atoms with Crippen molar-refractivity contribution in [2.45, 2.75) is 115 Å². The van der Waals surface area contributed by atoms with Crippen LogP contribution < -0.4 is 0 Å². The van der Waals surface area contributed by atoms with Crippen molar-refractivity contribution in [3.05, 3.63) is 11.6 Å². The standard InChI is InChI=1S/C27H45O9P/c1-15(20(28)8-9-24(2,3)31)16-7-11-27(32)18-12-21(29)19-13-22(30)23(36-37(33,34)35)14-25(19,4)17(18)6-10-26(16,27)5/h12,15-17,19-20,22-23,28,30-32H,6-11,13-14H2,1-5H3,(H2,33,34,35)/t15-,16+,17-,19-,20?,22+,23-,25+,26+,27+/m0/s1. The SMILES string of the molecule is C[C@H](C(O)CCC(C)(C)O)[C@H]1CC[C@@]2(O)C3=CC(=O)[C@@H]4C[C@@H](O)[C@@H](OP(=O)(O)O)C[C@]4(C)[C@H]3CC[C@]12C. The number of carbonyl (C=O) groups excluding carboxylic acids is 1. The van der Waals surface area contributed by atoms with Gasteiger partial charge in [-0.1, -0.05) is 20.8 Å². The number of ketones is 1. The molecule has 4 aliphatic carbocycles. The molecule has 0 bridgehead atoms. The summed E-state index contributed by atoms with van der Waals surface area (Å²) in [4.78, 5) is 32.2. The quantitative estimate of drug-likeness (QED) is 0.264. The largest absolute Gasteiger partial charge is 0.469 e. The fraction of sp³-hybridized carbons (Fsp3) is 0.889. The molecule has 0 spiro atoms. The molecule has 3 fully saturated rings. The molecule has 0 radical (unpaired) electrons. The Hall–Kier alpha value is -0.640. The van der Waals surface area contributed by atoms with Crippen LogP contribution in [0.25, 0.3) is 0 Å². The smallest absolute Gasteiger partial charge is 0.393 e. The lowest BCUT2D eigenvalue weighted by Crippen LogP contribution is -2.61. The number of aliphatic hydroxyl groups is 4. The highest BCUT2D eigenvalue weighted by atomic mass is 31.2. The second-order valence-electron chi connectivity index (χ2n) is 13.5. The van der Waals surface area contributed by atoms with Crippen molar-refractivity contribution in [3.8, 4) is 0 Å². The molecule has 0 aromatic heterocycles. The Labute approximate surface area is 219 Å². The average molecular weight is 545 g/mol. The van der Waals surface area contributed by atoms with Crippen molar-refractivity contribution >= 4 is 13.6 Å². The zero-order valence-corrected chi connectivity index (χ0v) is 23.5. The Morgan fingerprint density at radius 3 is 2.43 bits per heavy atom. The van der Waals surface area contributed by atoms with Gasteiger partial charge >= 0.3 is 7.82 Å². The maximum absolute atomic E-state index is 13.4. The lowest BCUT2D eigenvalue weighted by atomic mass is 9.46. The van der Waals surface area contributed by atoms with E-state index >= 15 is 0 Å². The van der Waals surface area contributed by atoms with Gasteiger partial charge in [-0.05, 0) is 100 Å². The van der Waals surface area contributed by atoms with Crippen molar-refractivity contribution < 1.29 is 44.1 Å². The van der Waals surface area contributed by atoms with E-state index in [9.17, 15) is 39.6 Å². The molecule has 4 rings (SSSR count). The molecule has 37 heavy (non-hydrogen) atoms. The van der Waals surface area contributed by atoms with Crippen LogP contribution in [0.5, 0.6) is 0 Å². The molecule has 0 aromatic rings. The van der Waals surface area contributed by atoms with E-state index in [4.69, 9.17) is 4.52 Å². The zero-order valence-electron chi connectivity index (χ0n) is 22.6. The van der Waals surface area contributed by atoms with Gasteiger partial charge in [0.05, 0.1) is 29.5 Å². The van der Waals surface area contributed by atoms with E-state index in [1.165, 1.54) is 0 Å². The first-order chi connectivity index (χ1) is 16.8. The summed E-state index contributed by atoms with van der Waals surface area (Å²) in [5, 5.41) is 43.9. The van der Waals surface area contributed by atoms with E-state index in [0.29, 0.717) is 44.1 Å². The summed E-state index contributed by atoms with van der Waals surface area (Å²) < 4.78 is 16.5. The summed E-state index contributed by atoms with van der Waals surface area (Å²) in [6.45, 7) is 9.44. The maximum atomic E-state index is 13.4.